The molecule has 0 aliphatic heterocycles. The third-order valence-electron chi connectivity index (χ3n) is 3.18. The second kappa shape index (κ2) is 5.78. The SMILES string of the molecule is CCn1cc(C(C)N[C@H](C)c2ccncc2)cn1. The van der Waals surface area contributed by atoms with Crippen LogP contribution in [-0.4, -0.2) is 14.8 Å². The molecule has 18 heavy (non-hydrogen) atoms. The summed E-state index contributed by atoms with van der Waals surface area (Å²) in [5.41, 5.74) is 2.47. The van der Waals surface area contributed by atoms with Crippen molar-refractivity contribution in [2.75, 3.05) is 0 Å². The van der Waals surface area contributed by atoms with Crippen molar-refractivity contribution in [3.8, 4) is 0 Å². The molecule has 4 nitrogen and oxygen atoms in total. The molecule has 0 radical (unpaired) electrons. The van der Waals surface area contributed by atoms with Crippen molar-refractivity contribution in [3.05, 3.63) is 48.0 Å². The average molecular weight is 244 g/mol. The second-order valence-corrected chi connectivity index (χ2v) is 4.52. The minimum Gasteiger partial charge on any atom is -0.304 e. The van der Waals surface area contributed by atoms with E-state index in [1.807, 2.05) is 35.4 Å². The highest BCUT2D eigenvalue weighted by Gasteiger charge is 2.12. The molecule has 1 unspecified atom stereocenters. The van der Waals surface area contributed by atoms with Gasteiger partial charge in [-0.2, -0.15) is 5.10 Å². The van der Waals surface area contributed by atoms with Gasteiger partial charge in [0.2, 0.25) is 0 Å². The van der Waals surface area contributed by atoms with Gasteiger partial charge in [0.15, 0.2) is 0 Å². The summed E-state index contributed by atoms with van der Waals surface area (Å²) in [6.45, 7) is 7.33. The van der Waals surface area contributed by atoms with E-state index in [-0.39, 0.29) is 6.04 Å². The lowest BCUT2D eigenvalue weighted by molar-refractivity contribution is 0.494. The Labute approximate surface area is 108 Å². The summed E-state index contributed by atoms with van der Waals surface area (Å²) in [5.74, 6) is 0. The molecule has 0 amide bonds. The number of nitrogens with one attached hydrogen (secondary N) is 1. The highest BCUT2D eigenvalue weighted by atomic mass is 15.3. The number of rotatable bonds is 5. The standard InChI is InChI=1S/C14H20N4/c1-4-18-10-14(9-16-18)12(3)17-11(2)13-5-7-15-8-6-13/h5-12,17H,4H2,1-3H3/t11-,12?/m1/s1. The number of aromatic nitrogens is 3. The Kier molecular flexibility index (Phi) is 4.10. The predicted molar refractivity (Wildman–Crippen MR) is 72.1 cm³/mol. The zero-order valence-electron chi connectivity index (χ0n) is 11.2. The van der Waals surface area contributed by atoms with Crippen LogP contribution in [0.2, 0.25) is 0 Å². The van der Waals surface area contributed by atoms with Crippen LogP contribution in [-0.2, 0) is 6.54 Å². The molecular formula is C14H20N4. The van der Waals surface area contributed by atoms with E-state index in [0.29, 0.717) is 6.04 Å². The predicted octanol–water partition coefficient (Wildman–Crippen LogP) is 2.71. The molecule has 2 atom stereocenters. The zero-order valence-corrected chi connectivity index (χ0v) is 11.2. The van der Waals surface area contributed by atoms with Gasteiger partial charge in [0.25, 0.3) is 0 Å². The van der Waals surface area contributed by atoms with E-state index in [1.54, 1.807) is 0 Å². The van der Waals surface area contributed by atoms with Gasteiger partial charge in [0.05, 0.1) is 6.20 Å². The van der Waals surface area contributed by atoms with Crippen molar-refractivity contribution in [2.45, 2.75) is 39.4 Å². The quantitative estimate of drug-likeness (QED) is 0.879. The molecule has 2 aromatic heterocycles. The van der Waals surface area contributed by atoms with Gasteiger partial charge in [0.1, 0.15) is 0 Å². The molecule has 4 heteroatoms. The van der Waals surface area contributed by atoms with Crippen LogP contribution < -0.4 is 5.32 Å². The molecule has 0 spiro atoms. The number of nitrogens with zero attached hydrogens (tertiary/aromatic N) is 3. The molecule has 2 aromatic rings. The van der Waals surface area contributed by atoms with Crippen molar-refractivity contribution < 1.29 is 0 Å². The Morgan fingerprint density at radius 2 is 1.83 bits per heavy atom. The maximum absolute atomic E-state index is 4.30. The monoisotopic (exact) mass is 244 g/mol. The highest BCUT2D eigenvalue weighted by Crippen LogP contribution is 2.18. The van der Waals surface area contributed by atoms with Gasteiger partial charge in [-0.05, 0) is 38.5 Å². The van der Waals surface area contributed by atoms with Crippen LogP contribution in [0.25, 0.3) is 0 Å². The van der Waals surface area contributed by atoms with Gasteiger partial charge in [-0.15, -0.1) is 0 Å². The van der Waals surface area contributed by atoms with Gasteiger partial charge in [-0.3, -0.25) is 9.67 Å². The van der Waals surface area contributed by atoms with Crippen molar-refractivity contribution in [2.24, 2.45) is 0 Å². The molecule has 0 saturated heterocycles. The largest absolute Gasteiger partial charge is 0.304 e. The first-order valence-electron chi connectivity index (χ1n) is 6.39. The molecule has 0 aliphatic carbocycles. The number of hydrogen-bond donors (Lipinski definition) is 1. The van der Waals surface area contributed by atoms with Crippen LogP contribution in [0.4, 0.5) is 0 Å². The number of hydrogen-bond acceptors (Lipinski definition) is 3. The Balaban J connectivity index is 2.01. The van der Waals surface area contributed by atoms with Crippen LogP contribution >= 0.6 is 0 Å². The van der Waals surface area contributed by atoms with Gasteiger partial charge in [-0.25, -0.2) is 0 Å². The molecular weight excluding hydrogens is 224 g/mol. The molecule has 0 saturated carbocycles. The van der Waals surface area contributed by atoms with Gasteiger partial charge in [0, 0.05) is 42.8 Å². The van der Waals surface area contributed by atoms with E-state index in [0.717, 1.165) is 6.54 Å². The summed E-state index contributed by atoms with van der Waals surface area (Å²) < 4.78 is 1.95. The normalized spacial score (nSPS) is 14.4. The zero-order chi connectivity index (χ0) is 13.0. The summed E-state index contributed by atoms with van der Waals surface area (Å²) >= 11 is 0. The highest BCUT2D eigenvalue weighted by molar-refractivity contribution is 5.16. The smallest absolute Gasteiger partial charge is 0.0537 e. The molecule has 96 valence electrons. The van der Waals surface area contributed by atoms with Gasteiger partial charge in [-0.1, -0.05) is 0 Å². The summed E-state index contributed by atoms with van der Waals surface area (Å²) in [4.78, 5) is 4.04. The van der Waals surface area contributed by atoms with Crippen molar-refractivity contribution in [1.29, 1.82) is 0 Å². The van der Waals surface area contributed by atoms with Gasteiger partial charge >= 0.3 is 0 Å². The van der Waals surface area contributed by atoms with Crippen LogP contribution in [0.15, 0.2) is 36.9 Å². The van der Waals surface area contributed by atoms with Crippen LogP contribution in [0.3, 0.4) is 0 Å². The molecule has 0 aliphatic rings. The molecule has 0 aromatic carbocycles. The van der Waals surface area contributed by atoms with E-state index in [4.69, 9.17) is 0 Å². The lowest BCUT2D eigenvalue weighted by atomic mass is 10.1. The number of aryl methyl sites for hydroxylation is 1. The van der Waals surface area contributed by atoms with Crippen LogP contribution in [0, 0.1) is 0 Å². The first-order chi connectivity index (χ1) is 8.70. The van der Waals surface area contributed by atoms with Crippen molar-refractivity contribution in [1.82, 2.24) is 20.1 Å². The molecule has 2 heterocycles. The Morgan fingerprint density at radius 1 is 1.17 bits per heavy atom. The lowest BCUT2D eigenvalue weighted by Crippen LogP contribution is -2.22. The van der Waals surface area contributed by atoms with E-state index >= 15 is 0 Å². The summed E-state index contributed by atoms with van der Waals surface area (Å²) in [5, 5.41) is 7.87. The second-order valence-electron chi connectivity index (χ2n) is 4.52. The van der Waals surface area contributed by atoms with Crippen molar-refractivity contribution in [3.63, 3.8) is 0 Å². The average Bonchev–Trinajstić information content (AvgIpc) is 2.88. The van der Waals surface area contributed by atoms with E-state index in [1.165, 1.54) is 11.1 Å². The van der Waals surface area contributed by atoms with E-state index < -0.39 is 0 Å². The topological polar surface area (TPSA) is 42.7 Å². The Morgan fingerprint density at radius 3 is 2.44 bits per heavy atom. The first-order valence-corrected chi connectivity index (χ1v) is 6.39. The maximum atomic E-state index is 4.30. The third-order valence-corrected chi connectivity index (χ3v) is 3.18. The Bertz CT molecular complexity index is 478. The minimum absolute atomic E-state index is 0.286. The molecule has 0 fully saturated rings. The summed E-state index contributed by atoms with van der Waals surface area (Å²) in [6, 6.07) is 4.67. The molecule has 0 bridgehead atoms. The fourth-order valence-electron chi connectivity index (χ4n) is 2.00. The fraction of sp³-hybridized carbons (Fsp3) is 0.429. The summed E-state index contributed by atoms with van der Waals surface area (Å²) in [7, 11) is 0. The Hall–Kier alpha value is -1.68. The maximum Gasteiger partial charge on any atom is 0.0537 e. The molecule has 2 rings (SSSR count). The third kappa shape index (κ3) is 2.96. The van der Waals surface area contributed by atoms with E-state index in [9.17, 15) is 0 Å². The molecule has 1 N–H and O–H groups in total. The fourth-order valence-corrected chi connectivity index (χ4v) is 2.00. The summed E-state index contributed by atoms with van der Waals surface area (Å²) in [6.07, 6.45) is 7.68. The van der Waals surface area contributed by atoms with Crippen LogP contribution in [0.5, 0.6) is 0 Å². The number of pyridine rings is 1. The van der Waals surface area contributed by atoms with E-state index in [2.05, 4.69) is 42.4 Å². The lowest BCUT2D eigenvalue weighted by Gasteiger charge is -2.19. The van der Waals surface area contributed by atoms with Crippen molar-refractivity contribution >= 4 is 0 Å². The minimum atomic E-state index is 0.286. The first kappa shape index (κ1) is 12.8. The van der Waals surface area contributed by atoms with Crippen LogP contribution in [0.1, 0.15) is 44.0 Å². The van der Waals surface area contributed by atoms with Gasteiger partial charge < -0.3 is 5.32 Å².